The van der Waals surface area contributed by atoms with Gasteiger partial charge in [-0.15, -0.1) is 0 Å². The Morgan fingerprint density at radius 2 is 2.28 bits per heavy atom. The molecule has 0 aliphatic carbocycles. The number of aryl methyl sites for hydroxylation is 1. The van der Waals surface area contributed by atoms with Crippen molar-refractivity contribution in [2.75, 3.05) is 20.3 Å². The number of benzene rings is 1. The van der Waals surface area contributed by atoms with Crippen molar-refractivity contribution in [3.8, 4) is 5.75 Å². The van der Waals surface area contributed by atoms with Crippen molar-refractivity contribution in [1.29, 1.82) is 0 Å². The van der Waals surface area contributed by atoms with Crippen LogP contribution in [0.1, 0.15) is 37.0 Å². The maximum absolute atomic E-state index is 6.03. The third-order valence-electron chi connectivity index (χ3n) is 4.56. The van der Waals surface area contributed by atoms with Crippen molar-refractivity contribution in [3.63, 3.8) is 0 Å². The van der Waals surface area contributed by atoms with Crippen molar-refractivity contribution in [3.05, 3.63) is 53.9 Å². The number of nitrogens with one attached hydrogen (secondary N) is 1. The van der Waals surface area contributed by atoms with E-state index in [1.54, 1.807) is 7.11 Å². The number of methoxy groups -OCH3 is 1. The predicted octanol–water partition coefficient (Wildman–Crippen LogP) is 3.43. The lowest BCUT2D eigenvalue weighted by Crippen LogP contribution is -2.39. The van der Waals surface area contributed by atoms with E-state index in [-0.39, 0.29) is 6.10 Å². The van der Waals surface area contributed by atoms with Crippen LogP contribution in [-0.4, -0.2) is 36.1 Å². The molecule has 1 N–H and O–H groups in total. The van der Waals surface area contributed by atoms with Crippen molar-refractivity contribution < 1.29 is 9.47 Å². The van der Waals surface area contributed by atoms with E-state index in [9.17, 15) is 0 Å². The summed E-state index contributed by atoms with van der Waals surface area (Å²) in [7, 11) is 1.70. The zero-order valence-corrected chi connectivity index (χ0v) is 15.0. The molecular formula is C20H27N3O2. The monoisotopic (exact) mass is 341 g/mol. The maximum Gasteiger partial charge on any atom is 0.126 e. The zero-order valence-electron chi connectivity index (χ0n) is 15.0. The fraction of sp³-hybridized carbons (Fsp3) is 0.450. The van der Waals surface area contributed by atoms with E-state index >= 15 is 0 Å². The van der Waals surface area contributed by atoms with Gasteiger partial charge in [0.1, 0.15) is 11.9 Å². The SMILES string of the molecule is CCn1cc([C@H]2OCCC[C@@H]2NC/C=C/c2ccccc2OC)cn1. The molecule has 0 spiro atoms. The van der Waals surface area contributed by atoms with Crippen LogP contribution < -0.4 is 10.1 Å². The summed E-state index contributed by atoms with van der Waals surface area (Å²) in [6, 6.07) is 8.34. The summed E-state index contributed by atoms with van der Waals surface area (Å²) in [5, 5.41) is 8.00. The van der Waals surface area contributed by atoms with Gasteiger partial charge in [-0.2, -0.15) is 5.10 Å². The van der Waals surface area contributed by atoms with Crippen LogP contribution in [0.3, 0.4) is 0 Å². The highest BCUT2D eigenvalue weighted by Crippen LogP contribution is 2.28. The summed E-state index contributed by atoms with van der Waals surface area (Å²) in [5.74, 6) is 0.893. The number of para-hydroxylation sites is 1. The minimum Gasteiger partial charge on any atom is -0.496 e. The summed E-state index contributed by atoms with van der Waals surface area (Å²) in [5.41, 5.74) is 2.25. The highest BCUT2D eigenvalue weighted by molar-refractivity contribution is 5.57. The second-order valence-electron chi connectivity index (χ2n) is 6.22. The Bertz CT molecular complexity index is 696. The molecule has 1 aliphatic heterocycles. The van der Waals surface area contributed by atoms with E-state index in [2.05, 4.69) is 41.8 Å². The zero-order chi connectivity index (χ0) is 17.5. The third kappa shape index (κ3) is 4.50. The van der Waals surface area contributed by atoms with Crippen molar-refractivity contribution in [2.45, 2.75) is 38.5 Å². The van der Waals surface area contributed by atoms with Gasteiger partial charge in [-0.3, -0.25) is 4.68 Å². The first-order valence-electron chi connectivity index (χ1n) is 8.98. The van der Waals surface area contributed by atoms with E-state index in [0.717, 1.165) is 49.4 Å². The summed E-state index contributed by atoms with van der Waals surface area (Å²) < 4.78 is 13.4. The number of aromatic nitrogens is 2. The Kier molecular flexibility index (Phi) is 6.25. The van der Waals surface area contributed by atoms with Crippen molar-refractivity contribution in [1.82, 2.24) is 15.1 Å². The van der Waals surface area contributed by atoms with Crippen LogP contribution in [0, 0.1) is 0 Å². The maximum atomic E-state index is 6.03. The topological polar surface area (TPSA) is 48.3 Å². The molecule has 3 rings (SSSR count). The molecule has 2 heterocycles. The van der Waals surface area contributed by atoms with Gasteiger partial charge in [0.2, 0.25) is 0 Å². The summed E-state index contributed by atoms with van der Waals surface area (Å²) >= 11 is 0. The van der Waals surface area contributed by atoms with E-state index in [0.29, 0.717) is 6.04 Å². The molecule has 0 saturated carbocycles. The normalized spacial score (nSPS) is 20.9. The largest absolute Gasteiger partial charge is 0.496 e. The number of hydrogen-bond acceptors (Lipinski definition) is 4. The van der Waals surface area contributed by atoms with Gasteiger partial charge in [-0.1, -0.05) is 30.4 Å². The van der Waals surface area contributed by atoms with E-state index < -0.39 is 0 Å². The molecule has 1 aliphatic rings. The van der Waals surface area contributed by atoms with Gasteiger partial charge >= 0.3 is 0 Å². The standard InChI is InChI=1S/C20H27N3O2/c1-3-23-15-17(14-22-23)20-18(10-7-13-25-20)21-12-6-9-16-8-4-5-11-19(16)24-2/h4-6,8-9,11,14-15,18,20-21H,3,7,10,12-13H2,1-2H3/b9-6+/t18-,20+/m0/s1. The van der Waals surface area contributed by atoms with E-state index in [1.165, 1.54) is 0 Å². The smallest absolute Gasteiger partial charge is 0.126 e. The molecule has 1 saturated heterocycles. The third-order valence-corrected chi connectivity index (χ3v) is 4.56. The molecule has 25 heavy (non-hydrogen) atoms. The molecule has 1 aromatic carbocycles. The molecule has 5 heteroatoms. The molecule has 0 amide bonds. The van der Waals surface area contributed by atoms with Crippen molar-refractivity contribution in [2.24, 2.45) is 0 Å². The second-order valence-corrected chi connectivity index (χ2v) is 6.22. The average Bonchev–Trinajstić information content (AvgIpc) is 3.15. The molecule has 5 nitrogen and oxygen atoms in total. The molecule has 0 unspecified atom stereocenters. The van der Waals surface area contributed by atoms with Crippen LogP contribution in [0.15, 0.2) is 42.7 Å². The molecule has 2 aromatic rings. The number of hydrogen-bond donors (Lipinski definition) is 1. The second kappa shape index (κ2) is 8.83. The van der Waals surface area contributed by atoms with Crippen LogP contribution in [0.5, 0.6) is 5.75 Å². The summed E-state index contributed by atoms with van der Waals surface area (Å²) in [4.78, 5) is 0. The average molecular weight is 341 g/mol. The molecular weight excluding hydrogens is 314 g/mol. The van der Waals surface area contributed by atoms with Crippen molar-refractivity contribution >= 4 is 6.08 Å². The van der Waals surface area contributed by atoms with E-state index in [1.807, 2.05) is 29.1 Å². The highest BCUT2D eigenvalue weighted by Gasteiger charge is 2.27. The van der Waals surface area contributed by atoms with E-state index in [4.69, 9.17) is 9.47 Å². The van der Waals surface area contributed by atoms with Gasteiger partial charge < -0.3 is 14.8 Å². The Morgan fingerprint density at radius 1 is 1.40 bits per heavy atom. The quantitative estimate of drug-likeness (QED) is 0.838. The summed E-state index contributed by atoms with van der Waals surface area (Å²) in [6.07, 6.45) is 10.5. The first kappa shape index (κ1) is 17.7. The molecule has 0 radical (unpaired) electrons. The first-order valence-corrected chi connectivity index (χ1v) is 8.98. The highest BCUT2D eigenvalue weighted by atomic mass is 16.5. The number of ether oxygens (including phenoxy) is 2. The van der Waals surface area contributed by atoms with Gasteiger partial charge in [0, 0.05) is 43.1 Å². The van der Waals surface area contributed by atoms with Gasteiger partial charge in [0.15, 0.2) is 0 Å². The first-order chi connectivity index (χ1) is 12.3. The Hall–Kier alpha value is -2.11. The van der Waals surface area contributed by atoms with Crippen LogP contribution in [0.4, 0.5) is 0 Å². The van der Waals surface area contributed by atoms with Crippen LogP contribution in [0.2, 0.25) is 0 Å². The lowest BCUT2D eigenvalue weighted by Gasteiger charge is -2.31. The molecule has 134 valence electrons. The fourth-order valence-corrected chi connectivity index (χ4v) is 3.23. The van der Waals surface area contributed by atoms with Gasteiger partial charge in [-0.05, 0) is 25.8 Å². The fourth-order valence-electron chi connectivity index (χ4n) is 3.23. The minimum absolute atomic E-state index is 0.0775. The lowest BCUT2D eigenvalue weighted by atomic mass is 9.98. The predicted molar refractivity (Wildman–Crippen MR) is 99.6 cm³/mol. The minimum atomic E-state index is 0.0775. The lowest BCUT2D eigenvalue weighted by molar-refractivity contribution is -0.00970. The number of rotatable bonds is 7. The molecule has 1 fully saturated rings. The van der Waals surface area contributed by atoms with Crippen LogP contribution >= 0.6 is 0 Å². The van der Waals surface area contributed by atoms with Crippen LogP contribution in [-0.2, 0) is 11.3 Å². The van der Waals surface area contributed by atoms with Crippen LogP contribution in [0.25, 0.3) is 6.08 Å². The van der Waals surface area contributed by atoms with Gasteiger partial charge in [-0.25, -0.2) is 0 Å². The molecule has 0 bridgehead atoms. The van der Waals surface area contributed by atoms with Gasteiger partial charge in [0.05, 0.1) is 13.3 Å². The molecule has 2 atom stereocenters. The number of nitrogens with zero attached hydrogens (tertiary/aromatic N) is 2. The molecule has 1 aromatic heterocycles. The Labute approximate surface area is 149 Å². The Balaban J connectivity index is 1.59. The Morgan fingerprint density at radius 3 is 3.08 bits per heavy atom. The summed E-state index contributed by atoms with van der Waals surface area (Å²) in [6.45, 7) is 4.59. The van der Waals surface area contributed by atoms with Gasteiger partial charge in [0.25, 0.3) is 0 Å².